The SMILES string of the molecule is Cc1cc(F)ccc1-n1cc(N)c(-c2cccc(Cl)c2)n1. The van der Waals surface area contributed by atoms with Crippen molar-refractivity contribution < 1.29 is 4.39 Å². The highest BCUT2D eigenvalue weighted by Crippen LogP contribution is 2.28. The molecule has 21 heavy (non-hydrogen) atoms. The minimum absolute atomic E-state index is 0.272. The molecule has 0 radical (unpaired) electrons. The van der Waals surface area contributed by atoms with Gasteiger partial charge in [-0.3, -0.25) is 0 Å². The maximum Gasteiger partial charge on any atom is 0.123 e. The van der Waals surface area contributed by atoms with Crippen molar-refractivity contribution in [2.45, 2.75) is 6.92 Å². The van der Waals surface area contributed by atoms with Crippen molar-refractivity contribution in [2.75, 3.05) is 5.73 Å². The second kappa shape index (κ2) is 5.22. The predicted octanol–water partition coefficient (Wildman–Crippen LogP) is 4.22. The zero-order chi connectivity index (χ0) is 15.0. The first kappa shape index (κ1) is 13.6. The van der Waals surface area contributed by atoms with E-state index in [0.717, 1.165) is 16.8 Å². The molecule has 0 spiro atoms. The Hall–Kier alpha value is -2.33. The number of hydrogen-bond acceptors (Lipinski definition) is 2. The van der Waals surface area contributed by atoms with Gasteiger partial charge >= 0.3 is 0 Å². The van der Waals surface area contributed by atoms with Gasteiger partial charge in [-0.05, 0) is 42.8 Å². The summed E-state index contributed by atoms with van der Waals surface area (Å²) in [6, 6.07) is 11.9. The van der Waals surface area contributed by atoms with E-state index in [1.165, 1.54) is 12.1 Å². The van der Waals surface area contributed by atoms with E-state index < -0.39 is 0 Å². The third-order valence-electron chi connectivity index (χ3n) is 3.25. The van der Waals surface area contributed by atoms with Gasteiger partial charge in [-0.15, -0.1) is 0 Å². The Kier molecular flexibility index (Phi) is 3.39. The summed E-state index contributed by atoms with van der Waals surface area (Å²) in [5.74, 6) is -0.272. The number of nitrogens with two attached hydrogens (primary N) is 1. The topological polar surface area (TPSA) is 43.8 Å². The summed E-state index contributed by atoms with van der Waals surface area (Å²) in [5.41, 5.74) is 9.66. The smallest absolute Gasteiger partial charge is 0.123 e. The van der Waals surface area contributed by atoms with E-state index in [1.54, 1.807) is 23.0 Å². The lowest BCUT2D eigenvalue weighted by atomic mass is 10.1. The highest BCUT2D eigenvalue weighted by atomic mass is 35.5. The summed E-state index contributed by atoms with van der Waals surface area (Å²) in [6.45, 7) is 1.83. The average Bonchev–Trinajstić information content (AvgIpc) is 2.80. The maximum atomic E-state index is 13.2. The molecule has 106 valence electrons. The first-order valence-electron chi connectivity index (χ1n) is 6.42. The number of hydrogen-bond donors (Lipinski definition) is 1. The van der Waals surface area contributed by atoms with E-state index >= 15 is 0 Å². The Morgan fingerprint density at radius 2 is 2.00 bits per heavy atom. The standard InChI is InChI=1S/C16H13ClFN3/c1-10-7-13(18)5-6-15(10)21-9-14(19)16(20-21)11-3-2-4-12(17)8-11/h2-9H,19H2,1H3. The highest BCUT2D eigenvalue weighted by Gasteiger charge is 2.11. The minimum atomic E-state index is -0.272. The van der Waals surface area contributed by atoms with Crippen LogP contribution in [0.3, 0.4) is 0 Å². The number of nitrogens with zero attached hydrogens (tertiary/aromatic N) is 2. The van der Waals surface area contributed by atoms with Crippen LogP contribution in [-0.4, -0.2) is 9.78 Å². The summed E-state index contributed by atoms with van der Waals surface area (Å²) >= 11 is 6.00. The molecule has 0 bridgehead atoms. The minimum Gasteiger partial charge on any atom is -0.396 e. The molecular formula is C16H13ClFN3. The van der Waals surface area contributed by atoms with E-state index in [1.807, 2.05) is 25.1 Å². The van der Waals surface area contributed by atoms with Crippen molar-refractivity contribution in [2.24, 2.45) is 0 Å². The summed E-state index contributed by atoms with van der Waals surface area (Å²) in [6.07, 6.45) is 1.72. The summed E-state index contributed by atoms with van der Waals surface area (Å²) in [7, 11) is 0. The molecule has 1 heterocycles. The molecule has 2 aromatic carbocycles. The van der Waals surface area contributed by atoms with Crippen LogP contribution in [0, 0.1) is 12.7 Å². The Labute approximate surface area is 126 Å². The van der Waals surface area contributed by atoms with Crippen LogP contribution in [0.5, 0.6) is 0 Å². The first-order valence-corrected chi connectivity index (χ1v) is 6.80. The van der Waals surface area contributed by atoms with Gasteiger partial charge in [-0.1, -0.05) is 23.7 Å². The van der Waals surface area contributed by atoms with Gasteiger partial charge < -0.3 is 5.73 Å². The highest BCUT2D eigenvalue weighted by molar-refractivity contribution is 6.30. The molecule has 0 amide bonds. The molecule has 0 aliphatic rings. The number of anilines is 1. The lowest BCUT2D eigenvalue weighted by Crippen LogP contribution is -1.98. The van der Waals surface area contributed by atoms with Crippen LogP contribution in [0.1, 0.15) is 5.56 Å². The van der Waals surface area contributed by atoms with Crippen molar-refractivity contribution in [1.29, 1.82) is 0 Å². The quantitative estimate of drug-likeness (QED) is 0.770. The molecule has 3 rings (SSSR count). The Balaban J connectivity index is 2.09. The molecule has 2 N–H and O–H groups in total. The van der Waals surface area contributed by atoms with Crippen LogP contribution in [0.15, 0.2) is 48.7 Å². The molecular weight excluding hydrogens is 289 g/mol. The lowest BCUT2D eigenvalue weighted by molar-refractivity contribution is 0.625. The van der Waals surface area contributed by atoms with Crippen LogP contribution in [-0.2, 0) is 0 Å². The molecule has 0 unspecified atom stereocenters. The van der Waals surface area contributed by atoms with E-state index in [2.05, 4.69) is 5.10 Å². The van der Waals surface area contributed by atoms with Crippen LogP contribution in [0.25, 0.3) is 16.9 Å². The van der Waals surface area contributed by atoms with Gasteiger partial charge in [0.2, 0.25) is 0 Å². The molecule has 3 nitrogen and oxygen atoms in total. The van der Waals surface area contributed by atoms with Crippen molar-refractivity contribution in [1.82, 2.24) is 9.78 Å². The van der Waals surface area contributed by atoms with Crippen molar-refractivity contribution in [3.63, 3.8) is 0 Å². The number of rotatable bonds is 2. The van der Waals surface area contributed by atoms with Crippen LogP contribution in [0.2, 0.25) is 5.02 Å². The van der Waals surface area contributed by atoms with Gasteiger partial charge in [-0.25, -0.2) is 9.07 Å². The Morgan fingerprint density at radius 1 is 1.19 bits per heavy atom. The monoisotopic (exact) mass is 301 g/mol. The van der Waals surface area contributed by atoms with E-state index in [9.17, 15) is 4.39 Å². The first-order chi connectivity index (χ1) is 10.0. The predicted molar refractivity (Wildman–Crippen MR) is 83.1 cm³/mol. The van der Waals surface area contributed by atoms with Gasteiger partial charge in [0.25, 0.3) is 0 Å². The van der Waals surface area contributed by atoms with E-state index in [0.29, 0.717) is 16.4 Å². The molecule has 1 aromatic heterocycles. The molecule has 0 aliphatic heterocycles. The Morgan fingerprint density at radius 3 is 2.71 bits per heavy atom. The molecule has 0 aliphatic carbocycles. The fourth-order valence-corrected chi connectivity index (χ4v) is 2.44. The van der Waals surface area contributed by atoms with Crippen LogP contribution >= 0.6 is 11.6 Å². The Bertz CT molecular complexity index is 811. The third kappa shape index (κ3) is 2.62. The third-order valence-corrected chi connectivity index (χ3v) is 3.48. The largest absolute Gasteiger partial charge is 0.396 e. The summed E-state index contributed by atoms with van der Waals surface area (Å²) in [5, 5.41) is 5.12. The van der Waals surface area contributed by atoms with Crippen LogP contribution in [0.4, 0.5) is 10.1 Å². The number of halogens is 2. The van der Waals surface area contributed by atoms with Crippen LogP contribution < -0.4 is 5.73 Å². The number of nitrogen functional groups attached to an aromatic ring is 1. The molecule has 0 atom stereocenters. The fraction of sp³-hybridized carbons (Fsp3) is 0.0625. The van der Waals surface area contributed by atoms with Crippen molar-refractivity contribution in [3.8, 4) is 16.9 Å². The van der Waals surface area contributed by atoms with E-state index in [4.69, 9.17) is 17.3 Å². The molecule has 0 fully saturated rings. The second-order valence-electron chi connectivity index (χ2n) is 4.82. The van der Waals surface area contributed by atoms with E-state index in [-0.39, 0.29) is 5.82 Å². The van der Waals surface area contributed by atoms with Gasteiger partial charge in [-0.2, -0.15) is 5.10 Å². The summed E-state index contributed by atoms with van der Waals surface area (Å²) < 4.78 is 14.8. The average molecular weight is 302 g/mol. The van der Waals surface area contributed by atoms with Gasteiger partial charge in [0.1, 0.15) is 11.5 Å². The van der Waals surface area contributed by atoms with Crippen molar-refractivity contribution in [3.05, 3.63) is 65.1 Å². The van der Waals surface area contributed by atoms with Gasteiger partial charge in [0.05, 0.1) is 17.6 Å². The maximum absolute atomic E-state index is 13.2. The van der Waals surface area contributed by atoms with Crippen molar-refractivity contribution >= 4 is 17.3 Å². The number of aromatic nitrogens is 2. The normalized spacial score (nSPS) is 10.8. The molecule has 3 aromatic rings. The second-order valence-corrected chi connectivity index (χ2v) is 5.26. The zero-order valence-electron chi connectivity index (χ0n) is 11.3. The van der Waals surface area contributed by atoms with Gasteiger partial charge in [0, 0.05) is 10.6 Å². The number of benzene rings is 2. The lowest BCUT2D eigenvalue weighted by Gasteiger charge is -2.05. The fourth-order valence-electron chi connectivity index (χ4n) is 2.25. The zero-order valence-corrected chi connectivity index (χ0v) is 12.1. The number of aryl methyl sites for hydroxylation is 1. The van der Waals surface area contributed by atoms with Gasteiger partial charge in [0.15, 0.2) is 0 Å². The molecule has 5 heteroatoms. The molecule has 0 saturated carbocycles. The molecule has 0 saturated heterocycles. The summed E-state index contributed by atoms with van der Waals surface area (Å²) in [4.78, 5) is 0.